The van der Waals surface area contributed by atoms with Gasteiger partial charge in [0.15, 0.2) is 5.60 Å². The minimum absolute atomic E-state index is 0.233. The molecule has 0 spiro atoms. The number of carbonyl (C=O) groups excluding carboxylic acids is 1. The first-order valence-corrected chi connectivity index (χ1v) is 11.9. The molecule has 2 aromatic rings. The van der Waals surface area contributed by atoms with Crippen LogP contribution in [0.5, 0.6) is 11.5 Å². The van der Waals surface area contributed by atoms with Crippen LogP contribution in [0.2, 0.25) is 5.02 Å². The Balaban J connectivity index is 2.12. The Hall–Kier alpha value is -2.93. The molecule has 2 rings (SSSR count). The highest BCUT2D eigenvalue weighted by Gasteiger charge is 2.29. The fraction of sp³-hybridized carbons (Fsp3) is 0.462. The first kappa shape index (κ1) is 27.3. The molecule has 0 saturated heterocycles. The molecule has 0 atom stereocenters. The zero-order chi connectivity index (χ0) is 25.1. The second-order valence-corrected chi connectivity index (χ2v) is 9.11. The molecule has 0 fully saturated rings. The number of methoxy groups -OCH3 is 1. The molecule has 2 N–H and O–H groups in total. The third-order valence-electron chi connectivity index (χ3n) is 5.41. The number of unbranched alkanes of at least 4 members (excludes halogenated alkanes) is 4. The van der Waals surface area contributed by atoms with E-state index in [9.17, 15) is 14.7 Å². The summed E-state index contributed by atoms with van der Waals surface area (Å²) in [7, 11) is 1.53. The van der Waals surface area contributed by atoms with Crippen LogP contribution in [0.1, 0.15) is 58.4 Å². The summed E-state index contributed by atoms with van der Waals surface area (Å²) < 4.78 is 10.9. The largest absolute Gasteiger partial charge is 0.495 e. The lowest BCUT2D eigenvalue weighted by molar-refractivity contribution is -0.152. The van der Waals surface area contributed by atoms with Gasteiger partial charge in [-0.05, 0) is 50.1 Å². The van der Waals surface area contributed by atoms with Gasteiger partial charge < -0.3 is 24.8 Å². The molecular formula is C26H35ClN2O5. The van der Waals surface area contributed by atoms with Crippen molar-refractivity contribution < 1.29 is 24.2 Å². The van der Waals surface area contributed by atoms with E-state index in [1.165, 1.54) is 27.4 Å². The molecule has 0 heterocycles. The van der Waals surface area contributed by atoms with Crippen molar-refractivity contribution in [1.29, 1.82) is 0 Å². The van der Waals surface area contributed by atoms with Gasteiger partial charge in [-0.25, -0.2) is 9.59 Å². The van der Waals surface area contributed by atoms with Gasteiger partial charge in [0.2, 0.25) is 0 Å². The Morgan fingerprint density at radius 3 is 2.35 bits per heavy atom. The normalized spacial score (nSPS) is 11.1. The van der Waals surface area contributed by atoms with E-state index in [2.05, 4.69) is 12.2 Å². The summed E-state index contributed by atoms with van der Waals surface area (Å²) in [4.78, 5) is 26.2. The van der Waals surface area contributed by atoms with Gasteiger partial charge in [-0.3, -0.25) is 0 Å². The Kier molecular flexibility index (Phi) is 10.5. The van der Waals surface area contributed by atoms with Crippen molar-refractivity contribution in [2.45, 2.75) is 65.0 Å². The van der Waals surface area contributed by atoms with Crippen LogP contribution in [0, 0.1) is 0 Å². The van der Waals surface area contributed by atoms with Crippen LogP contribution in [-0.4, -0.2) is 41.3 Å². The number of carboxylic acids is 1. The standard InChI is InChI=1S/C26H35ClN2O5/c1-5-6-7-8-9-16-29(25(32)28-22-15-12-20(27)17-23(22)33-4)18-19-10-13-21(14-11-19)34-26(2,3)24(30)31/h10-15,17H,5-9,16,18H2,1-4H3,(H,28,32)(H,30,31). The molecule has 0 aliphatic carbocycles. The van der Waals surface area contributed by atoms with Crippen LogP contribution < -0.4 is 14.8 Å². The van der Waals surface area contributed by atoms with Gasteiger partial charge in [0.1, 0.15) is 11.5 Å². The van der Waals surface area contributed by atoms with Crippen molar-refractivity contribution in [2.24, 2.45) is 0 Å². The number of hydrogen-bond donors (Lipinski definition) is 2. The number of ether oxygens (including phenoxy) is 2. The molecule has 0 bridgehead atoms. The first-order chi connectivity index (χ1) is 16.2. The van der Waals surface area contributed by atoms with Crippen molar-refractivity contribution in [2.75, 3.05) is 19.0 Å². The molecule has 7 nitrogen and oxygen atoms in total. The van der Waals surface area contributed by atoms with E-state index in [0.29, 0.717) is 35.3 Å². The van der Waals surface area contributed by atoms with Crippen molar-refractivity contribution in [1.82, 2.24) is 4.90 Å². The number of aliphatic carboxylic acids is 1. The second kappa shape index (κ2) is 13.1. The Labute approximate surface area is 207 Å². The highest BCUT2D eigenvalue weighted by Crippen LogP contribution is 2.28. The quantitative estimate of drug-likeness (QED) is 0.309. The number of nitrogens with one attached hydrogen (secondary N) is 1. The second-order valence-electron chi connectivity index (χ2n) is 8.67. The molecule has 0 aliphatic heterocycles. The number of amides is 2. The van der Waals surface area contributed by atoms with Gasteiger partial charge in [0.25, 0.3) is 0 Å². The van der Waals surface area contributed by atoms with Gasteiger partial charge in [0, 0.05) is 24.2 Å². The molecule has 2 aromatic carbocycles. The van der Waals surface area contributed by atoms with E-state index < -0.39 is 11.6 Å². The van der Waals surface area contributed by atoms with E-state index in [0.717, 1.165) is 31.2 Å². The van der Waals surface area contributed by atoms with Crippen LogP contribution in [-0.2, 0) is 11.3 Å². The number of nitrogens with zero attached hydrogens (tertiary/aromatic N) is 1. The number of hydrogen-bond acceptors (Lipinski definition) is 4. The van der Waals surface area contributed by atoms with E-state index >= 15 is 0 Å². The van der Waals surface area contributed by atoms with Crippen molar-refractivity contribution in [3.05, 3.63) is 53.1 Å². The number of benzene rings is 2. The summed E-state index contributed by atoms with van der Waals surface area (Å²) in [6.07, 6.45) is 5.44. The maximum atomic E-state index is 13.2. The fourth-order valence-electron chi connectivity index (χ4n) is 3.34. The van der Waals surface area contributed by atoms with Crippen LogP contribution >= 0.6 is 11.6 Å². The molecule has 0 unspecified atom stereocenters. The van der Waals surface area contributed by atoms with Crippen molar-refractivity contribution in [3.8, 4) is 11.5 Å². The molecule has 2 amide bonds. The number of urea groups is 1. The summed E-state index contributed by atoms with van der Waals surface area (Å²) in [5, 5.41) is 12.7. The van der Waals surface area contributed by atoms with Crippen molar-refractivity contribution in [3.63, 3.8) is 0 Å². The summed E-state index contributed by atoms with van der Waals surface area (Å²) in [6.45, 7) is 6.18. The number of carboxylic acid groups (broad SMARTS) is 1. The Morgan fingerprint density at radius 1 is 1.06 bits per heavy atom. The maximum absolute atomic E-state index is 13.2. The van der Waals surface area contributed by atoms with E-state index in [-0.39, 0.29) is 6.03 Å². The van der Waals surface area contributed by atoms with Crippen LogP contribution in [0.3, 0.4) is 0 Å². The van der Waals surface area contributed by atoms with Crippen molar-refractivity contribution >= 4 is 29.3 Å². The minimum atomic E-state index is -1.33. The van der Waals surface area contributed by atoms with Gasteiger partial charge in [0.05, 0.1) is 12.8 Å². The van der Waals surface area contributed by atoms with Gasteiger partial charge in [-0.2, -0.15) is 0 Å². The molecule has 8 heteroatoms. The van der Waals surface area contributed by atoms with Crippen LogP contribution in [0.4, 0.5) is 10.5 Å². The summed E-state index contributed by atoms with van der Waals surface area (Å²) >= 11 is 6.04. The smallest absolute Gasteiger partial charge is 0.347 e. The monoisotopic (exact) mass is 490 g/mol. The molecule has 0 saturated carbocycles. The molecule has 186 valence electrons. The maximum Gasteiger partial charge on any atom is 0.347 e. The van der Waals surface area contributed by atoms with Crippen LogP contribution in [0.25, 0.3) is 0 Å². The zero-order valence-corrected chi connectivity index (χ0v) is 21.2. The lowest BCUT2D eigenvalue weighted by Gasteiger charge is -2.25. The Bertz CT molecular complexity index is 947. The average Bonchev–Trinajstić information content (AvgIpc) is 2.80. The average molecular weight is 491 g/mol. The molecule has 0 radical (unpaired) electrons. The van der Waals surface area contributed by atoms with Crippen LogP contribution in [0.15, 0.2) is 42.5 Å². The van der Waals surface area contributed by atoms with Gasteiger partial charge in [-0.15, -0.1) is 0 Å². The lowest BCUT2D eigenvalue weighted by Crippen LogP contribution is -2.37. The van der Waals surface area contributed by atoms with Gasteiger partial charge in [-0.1, -0.05) is 56.3 Å². The summed E-state index contributed by atoms with van der Waals surface area (Å²) in [5.74, 6) is -0.0935. The lowest BCUT2D eigenvalue weighted by atomic mass is 10.1. The zero-order valence-electron chi connectivity index (χ0n) is 20.4. The number of carbonyl (C=O) groups is 2. The third kappa shape index (κ3) is 8.45. The van der Waals surface area contributed by atoms with E-state index in [1.807, 2.05) is 12.1 Å². The molecule has 0 aliphatic rings. The number of rotatable bonds is 13. The third-order valence-corrected chi connectivity index (χ3v) is 5.64. The highest BCUT2D eigenvalue weighted by atomic mass is 35.5. The molecule has 0 aromatic heterocycles. The highest BCUT2D eigenvalue weighted by molar-refractivity contribution is 6.30. The topological polar surface area (TPSA) is 88.1 Å². The number of halogens is 1. The first-order valence-electron chi connectivity index (χ1n) is 11.6. The molecular weight excluding hydrogens is 456 g/mol. The SMILES string of the molecule is CCCCCCCN(Cc1ccc(OC(C)(C)C(=O)O)cc1)C(=O)Nc1ccc(Cl)cc1OC. The van der Waals surface area contributed by atoms with E-state index in [1.54, 1.807) is 35.2 Å². The summed E-state index contributed by atoms with van der Waals surface area (Å²) in [5.41, 5.74) is 0.128. The minimum Gasteiger partial charge on any atom is -0.495 e. The van der Waals surface area contributed by atoms with E-state index in [4.69, 9.17) is 21.1 Å². The van der Waals surface area contributed by atoms with Gasteiger partial charge >= 0.3 is 12.0 Å². The fourth-order valence-corrected chi connectivity index (χ4v) is 3.50. The summed E-state index contributed by atoms with van der Waals surface area (Å²) in [6, 6.07) is 12.0. The number of anilines is 1. The Morgan fingerprint density at radius 2 is 1.74 bits per heavy atom. The predicted molar refractivity (Wildman–Crippen MR) is 135 cm³/mol. The molecule has 34 heavy (non-hydrogen) atoms. The predicted octanol–water partition coefficient (Wildman–Crippen LogP) is 6.60.